The maximum atomic E-state index is 11.4. The number of rotatable bonds is 9. The Morgan fingerprint density at radius 1 is 1.20 bits per heavy atom. The Kier molecular flexibility index (Phi) is 14.0. The van der Waals surface area contributed by atoms with Crippen LogP contribution in [0.3, 0.4) is 0 Å². The summed E-state index contributed by atoms with van der Waals surface area (Å²) in [6.45, 7) is 9.32. The normalized spacial score (nSPS) is 12.2. The molecule has 2 N–H and O–H groups in total. The first kappa shape index (κ1) is 22.2. The summed E-state index contributed by atoms with van der Waals surface area (Å²) in [6.07, 6.45) is 3.02. The van der Waals surface area contributed by atoms with Crippen LogP contribution in [0.1, 0.15) is 33.6 Å². The van der Waals surface area contributed by atoms with Gasteiger partial charge in [0.1, 0.15) is 0 Å². The minimum atomic E-state index is -3.08. The Bertz CT molecular complexity index is 360. The van der Waals surface area contributed by atoms with Gasteiger partial charge in [-0.15, -0.1) is 24.0 Å². The van der Waals surface area contributed by atoms with Gasteiger partial charge in [-0.25, -0.2) is 12.7 Å². The van der Waals surface area contributed by atoms with Crippen molar-refractivity contribution in [1.82, 2.24) is 14.9 Å². The minimum absolute atomic E-state index is 0. The molecule has 0 bridgehead atoms. The first-order valence-electron chi connectivity index (χ1n) is 6.92. The Morgan fingerprint density at radius 2 is 1.85 bits per heavy atom. The SMILES string of the molecule is CCCN=C(NCC)NCCCN(CC)S(C)(=O)=O.I. The Labute approximate surface area is 140 Å². The van der Waals surface area contributed by atoms with E-state index in [0.29, 0.717) is 19.6 Å². The lowest BCUT2D eigenvalue weighted by atomic mass is 10.4. The molecule has 20 heavy (non-hydrogen) atoms. The molecule has 0 saturated heterocycles. The van der Waals surface area contributed by atoms with Crippen LogP contribution in [0.5, 0.6) is 0 Å². The van der Waals surface area contributed by atoms with E-state index in [2.05, 4.69) is 22.5 Å². The smallest absolute Gasteiger partial charge is 0.211 e. The molecule has 0 aromatic rings. The molecule has 0 aromatic carbocycles. The molecule has 0 unspecified atom stereocenters. The summed E-state index contributed by atoms with van der Waals surface area (Å²) in [5.74, 6) is 0.798. The third-order valence-corrected chi connectivity index (χ3v) is 3.92. The lowest BCUT2D eigenvalue weighted by Crippen LogP contribution is -2.39. The summed E-state index contributed by atoms with van der Waals surface area (Å²) in [5.41, 5.74) is 0. The van der Waals surface area contributed by atoms with E-state index in [1.165, 1.54) is 10.6 Å². The van der Waals surface area contributed by atoms with E-state index in [1.54, 1.807) is 0 Å². The van der Waals surface area contributed by atoms with Gasteiger partial charge in [-0.3, -0.25) is 4.99 Å². The molecule has 0 aromatic heterocycles. The summed E-state index contributed by atoms with van der Waals surface area (Å²) in [7, 11) is -3.08. The molecule has 0 amide bonds. The molecule has 0 aliphatic carbocycles. The van der Waals surface area contributed by atoms with Crippen molar-refractivity contribution in [2.45, 2.75) is 33.6 Å². The van der Waals surface area contributed by atoms with Crippen LogP contribution in [-0.4, -0.2) is 57.7 Å². The number of hydrogen-bond donors (Lipinski definition) is 2. The van der Waals surface area contributed by atoms with Crippen molar-refractivity contribution in [3.05, 3.63) is 0 Å². The van der Waals surface area contributed by atoms with Gasteiger partial charge < -0.3 is 10.6 Å². The second kappa shape index (κ2) is 12.6. The van der Waals surface area contributed by atoms with E-state index in [0.717, 1.165) is 31.9 Å². The Hall–Kier alpha value is -0.0900. The quantitative estimate of drug-likeness (QED) is 0.255. The van der Waals surface area contributed by atoms with Gasteiger partial charge in [0, 0.05) is 32.7 Å². The lowest BCUT2D eigenvalue weighted by molar-refractivity contribution is 0.424. The van der Waals surface area contributed by atoms with Crippen LogP contribution in [-0.2, 0) is 10.0 Å². The highest BCUT2D eigenvalue weighted by Gasteiger charge is 2.13. The molecule has 0 fully saturated rings. The summed E-state index contributed by atoms with van der Waals surface area (Å²) in [4.78, 5) is 4.38. The van der Waals surface area contributed by atoms with Gasteiger partial charge in [0.15, 0.2) is 5.96 Å². The summed E-state index contributed by atoms with van der Waals surface area (Å²) in [5, 5.41) is 6.36. The molecule has 0 radical (unpaired) electrons. The van der Waals surface area contributed by atoms with Crippen LogP contribution in [0.4, 0.5) is 0 Å². The van der Waals surface area contributed by atoms with Gasteiger partial charge >= 0.3 is 0 Å². The van der Waals surface area contributed by atoms with Crippen molar-refractivity contribution in [2.75, 3.05) is 39.0 Å². The standard InChI is InChI=1S/C12H28N4O2S.HI/c1-5-9-14-12(13-6-2)15-10-8-11-16(7-3)19(4,17)18;/h5-11H2,1-4H3,(H2,13,14,15);1H. The number of halogens is 1. The molecule has 0 spiro atoms. The van der Waals surface area contributed by atoms with Crippen molar-refractivity contribution in [3.63, 3.8) is 0 Å². The zero-order valence-electron chi connectivity index (χ0n) is 13.0. The largest absolute Gasteiger partial charge is 0.357 e. The van der Waals surface area contributed by atoms with Crippen LogP contribution < -0.4 is 10.6 Å². The van der Waals surface area contributed by atoms with Crippen molar-refractivity contribution in [3.8, 4) is 0 Å². The zero-order valence-corrected chi connectivity index (χ0v) is 16.1. The number of nitrogens with one attached hydrogen (secondary N) is 2. The van der Waals surface area contributed by atoms with E-state index in [9.17, 15) is 8.42 Å². The fraction of sp³-hybridized carbons (Fsp3) is 0.917. The third-order valence-electron chi connectivity index (χ3n) is 2.54. The highest BCUT2D eigenvalue weighted by molar-refractivity contribution is 14.0. The van der Waals surface area contributed by atoms with Crippen molar-refractivity contribution < 1.29 is 8.42 Å². The van der Waals surface area contributed by atoms with Crippen LogP contribution in [0.25, 0.3) is 0 Å². The van der Waals surface area contributed by atoms with Crippen LogP contribution >= 0.6 is 24.0 Å². The summed E-state index contributed by atoms with van der Waals surface area (Å²) < 4.78 is 24.3. The predicted octanol–water partition coefficient (Wildman–Crippen LogP) is 1.24. The highest BCUT2D eigenvalue weighted by atomic mass is 127. The molecular weight excluding hydrogens is 391 g/mol. The summed E-state index contributed by atoms with van der Waals surface area (Å²) in [6, 6.07) is 0. The lowest BCUT2D eigenvalue weighted by Gasteiger charge is -2.18. The minimum Gasteiger partial charge on any atom is -0.357 e. The average Bonchev–Trinajstić information content (AvgIpc) is 2.34. The van der Waals surface area contributed by atoms with E-state index < -0.39 is 10.0 Å². The first-order chi connectivity index (χ1) is 8.95. The topological polar surface area (TPSA) is 73.8 Å². The van der Waals surface area contributed by atoms with E-state index >= 15 is 0 Å². The average molecular weight is 420 g/mol. The van der Waals surface area contributed by atoms with E-state index in [4.69, 9.17) is 0 Å². The Balaban J connectivity index is 0. The molecule has 0 heterocycles. The molecule has 0 aliphatic heterocycles. The molecule has 0 rings (SSSR count). The molecule has 0 aliphatic rings. The molecule has 0 atom stereocenters. The second-order valence-electron chi connectivity index (χ2n) is 4.30. The number of guanidine groups is 1. The van der Waals surface area contributed by atoms with E-state index in [-0.39, 0.29) is 24.0 Å². The second-order valence-corrected chi connectivity index (χ2v) is 6.28. The van der Waals surface area contributed by atoms with Crippen LogP contribution in [0.2, 0.25) is 0 Å². The Morgan fingerprint density at radius 3 is 2.30 bits per heavy atom. The van der Waals surface area contributed by atoms with Gasteiger partial charge in [0.25, 0.3) is 0 Å². The number of sulfonamides is 1. The number of hydrogen-bond acceptors (Lipinski definition) is 3. The fourth-order valence-electron chi connectivity index (χ4n) is 1.59. The maximum absolute atomic E-state index is 11.4. The van der Waals surface area contributed by atoms with Gasteiger partial charge in [-0.1, -0.05) is 13.8 Å². The van der Waals surface area contributed by atoms with Crippen molar-refractivity contribution >= 4 is 40.0 Å². The molecule has 8 heteroatoms. The molecule has 0 saturated carbocycles. The van der Waals surface area contributed by atoms with Crippen LogP contribution in [0.15, 0.2) is 4.99 Å². The van der Waals surface area contributed by atoms with Crippen LogP contribution in [0, 0.1) is 0 Å². The first-order valence-corrected chi connectivity index (χ1v) is 8.77. The monoisotopic (exact) mass is 420 g/mol. The maximum Gasteiger partial charge on any atom is 0.211 e. The highest BCUT2D eigenvalue weighted by Crippen LogP contribution is 1.98. The molecule has 6 nitrogen and oxygen atoms in total. The van der Waals surface area contributed by atoms with Gasteiger partial charge in [-0.2, -0.15) is 0 Å². The van der Waals surface area contributed by atoms with Crippen molar-refractivity contribution in [1.29, 1.82) is 0 Å². The number of aliphatic imine (C=N–C) groups is 1. The predicted molar refractivity (Wildman–Crippen MR) is 96.4 cm³/mol. The van der Waals surface area contributed by atoms with Gasteiger partial charge in [0.05, 0.1) is 6.26 Å². The zero-order chi connectivity index (χ0) is 14.7. The van der Waals surface area contributed by atoms with Gasteiger partial charge in [-0.05, 0) is 19.8 Å². The van der Waals surface area contributed by atoms with E-state index in [1.807, 2.05) is 13.8 Å². The fourth-order valence-corrected chi connectivity index (χ4v) is 2.52. The third kappa shape index (κ3) is 10.7. The number of nitrogens with zero attached hydrogens (tertiary/aromatic N) is 2. The molecular formula is C12H29IN4O2S. The van der Waals surface area contributed by atoms with Crippen molar-refractivity contribution in [2.24, 2.45) is 4.99 Å². The van der Waals surface area contributed by atoms with Gasteiger partial charge in [0.2, 0.25) is 10.0 Å². The molecule has 122 valence electrons. The summed E-state index contributed by atoms with van der Waals surface area (Å²) >= 11 is 0.